The first-order valence-electron chi connectivity index (χ1n) is 5.37. The Kier molecular flexibility index (Phi) is 3.53. The second-order valence-electron chi connectivity index (χ2n) is 3.52. The van der Waals surface area contributed by atoms with E-state index in [1.165, 1.54) is 0 Å². The molecule has 0 spiro atoms. The minimum absolute atomic E-state index is 0.0205. The maximum absolute atomic E-state index is 11.7. The smallest absolute Gasteiger partial charge is 0.334 e. The van der Waals surface area contributed by atoms with Crippen LogP contribution in [0.25, 0.3) is 5.69 Å². The molecule has 1 N–H and O–H groups in total. The first-order valence-corrected chi connectivity index (χ1v) is 5.74. The molecule has 1 heterocycles. The lowest BCUT2D eigenvalue weighted by Crippen LogP contribution is -2.32. The summed E-state index contributed by atoms with van der Waals surface area (Å²) < 4.78 is 6.28. The van der Waals surface area contributed by atoms with Gasteiger partial charge in [-0.3, -0.25) is 9.78 Å². The van der Waals surface area contributed by atoms with Crippen LogP contribution in [0.5, 0.6) is 5.75 Å². The van der Waals surface area contributed by atoms with E-state index in [-0.39, 0.29) is 5.15 Å². The third-order valence-electron chi connectivity index (χ3n) is 2.31. The Hall–Kier alpha value is -2.01. The molecule has 0 aliphatic heterocycles. The molecular weight excluding hydrogens is 256 g/mol. The Balaban J connectivity index is 2.49. The Morgan fingerprint density at radius 3 is 2.50 bits per heavy atom. The van der Waals surface area contributed by atoms with Gasteiger partial charge in [0.2, 0.25) is 0 Å². The van der Waals surface area contributed by atoms with E-state index in [9.17, 15) is 9.59 Å². The molecule has 0 amide bonds. The summed E-state index contributed by atoms with van der Waals surface area (Å²) in [6, 6.07) is 7.81. The van der Waals surface area contributed by atoms with Gasteiger partial charge in [0.05, 0.1) is 12.3 Å². The van der Waals surface area contributed by atoms with Gasteiger partial charge in [0.15, 0.2) is 0 Å². The fourth-order valence-corrected chi connectivity index (χ4v) is 1.74. The normalized spacial score (nSPS) is 10.3. The summed E-state index contributed by atoms with van der Waals surface area (Å²) in [4.78, 5) is 25.7. The van der Waals surface area contributed by atoms with Gasteiger partial charge >= 0.3 is 5.69 Å². The summed E-state index contributed by atoms with van der Waals surface area (Å²) in [5.74, 6) is 0.680. The molecule has 0 atom stereocenters. The average molecular weight is 267 g/mol. The summed E-state index contributed by atoms with van der Waals surface area (Å²) in [7, 11) is 0. The number of rotatable bonds is 3. The number of H-pyrrole nitrogens is 1. The molecule has 1 aromatic carbocycles. The van der Waals surface area contributed by atoms with Gasteiger partial charge < -0.3 is 4.74 Å². The molecule has 2 rings (SSSR count). The second kappa shape index (κ2) is 5.10. The SMILES string of the molecule is CCOc1ccc(-n2c(=O)cc(Cl)[nH]c2=O)cc1. The monoisotopic (exact) mass is 266 g/mol. The molecule has 2 aromatic rings. The van der Waals surface area contributed by atoms with Crippen molar-refractivity contribution in [1.29, 1.82) is 0 Å². The van der Waals surface area contributed by atoms with Crippen molar-refractivity contribution in [3.63, 3.8) is 0 Å². The van der Waals surface area contributed by atoms with Crippen LogP contribution in [0.4, 0.5) is 0 Å². The quantitative estimate of drug-likeness (QED) is 0.858. The zero-order valence-corrected chi connectivity index (χ0v) is 10.4. The summed E-state index contributed by atoms with van der Waals surface area (Å²) in [6.45, 7) is 2.43. The minimum Gasteiger partial charge on any atom is -0.494 e. The molecular formula is C12H11ClN2O3. The highest BCUT2D eigenvalue weighted by molar-refractivity contribution is 6.29. The Bertz CT molecular complexity index is 627. The van der Waals surface area contributed by atoms with Crippen LogP contribution >= 0.6 is 11.6 Å². The Morgan fingerprint density at radius 1 is 1.28 bits per heavy atom. The largest absolute Gasteiger partial charge is 0.494 e. The van der Waals surface area contributed by atoms with Gasteiger partial charge in [-0.1, -0.05) is 11.6 Å². The maximum atomic E-state index is 11.7. The number of hydrogen-bond donors (Lipinski definition) is 1. The van der Waals surface area contributed by atoms with Crippen LogP contribution in [-0.4, -0.2) is 16.2 Å². The third-order valence-corrected chi connectivity index (χ3v) is 2.51. The molecule has 0 fully saturated rings. The van der Waals surface area contributed by atoms with E-state index in [0.717, 1.165) is 10.6 Å². The highest BCUT2D eigenvalue weighted by atomic mass is 35.5. The van der Waals surface area contributed by atoms with Crippen LogP contribution in [0.3, 0.4) is 0 Å². The van der Waals surface area contributed by atoms with E-state index < -0.39 is 11.2 Å². The van der Waals surface area contributed by atoms with Crippen molar-refractivity contribution in [3.05, 3.63) is 56.3 Å². The zero-order chi connectivity index (χ0) is 13.1. The number of nitrogens with one attached hydrogen (secondary N) is 1. The van der Waals surface area contributed by atoms with Crippen molar-refractivity contribution >= 4 is 11.6 Å². The summed E-state index contributed by atoms with van der Waals surface area (Å²) >= 11 is 5.59. The molecule has 0 aliphatic rings. The maximum Gasteiger partial charge on any atom is 0.334 e. The van der Waals surface area contributed by atoms with Crippen molar-refractivity contribution in [2.75, 3.05) is 6.61 Å². The van der Waals surface area contributed by atoms with Gasteiger partial charge in [-0.05, 0) is 31.2 Å². The second-order valence-corrected chi connectivity index (χ2v) is 3.93. The lowest BCUT2D eigenvalue weighted by Gasteiger charge is -2.06. The number of halogens is 1. The van der Waals surface area contributed by atoms with Crippen molar-refractivity contribution in [2.24, 2.45) is 0 Å². The number of aromatic nitrogens is 2. The lowest BCUT2D eigenvalue weighted by molar-refractivity contribution is 0.340. The predicted molar refractivity (Wildman–Crippen MR) is 68.8 cm³/mol. The van der Waals surface area contributed by atoms with Crippen LogP contribution in [0.15, 0.2) is 39.9 Å². The number of ether oxygens (including phenoxy) is 1. The molecule has 0 bridgehead atoms. The third kappa shape index (κ3) is 2.46. The molecule has 0 saturated carbocycles. The standard InChI is InChI=1S/C12H11ClN2O3/c1-2-18-9-5-3-8(4-6-9)15-11(16)7-10(13)14-12(15)17/h3-7H,2H2,1H3,(H,14,17). The predicted octanol–water partition coefficient (Wildman–Crippen LogP) is 1.58. The van der Waals surface area contributed by atoms with Gasteiger partial charge in [-0.2, -0.15) is 0 Å². The first kappa shape index (κ1) is 12.4. The van der Waals surface area contributed by atoms with E-state index in [2.05, 4.69) is 4.98 Å². The van der Waals surface area contributed by atoms with Crippen molar-refractivity contribution < 1.29 is 4.74 Å². The topological polar surface area (TPSA) is 64.1 Å². The summed E-state index contributed by atoms with van der Waals surface area (Å²) in [5.41, 5.74) is -0.592. The highest BCUT2D eigenvalue weighted by Crippen LogP contribution is 2.13. The molecule has 0 radical (unpaired) electrons. The lowest BCUT2D eigenvalue weighted by atomic mass is 10.3. The summed E-state index contributed by atoms with van der Waals surface area (Å²) in [5, 5.41) is 0.0205. The molecule has 18 heavy (non-hydrogen) atoms. The van der Waals surface area contributed by atoms with Crippen molar-refractivity contribution in [2.45, 2.75) is 6.92 Å². The molecule has 1 aromatic heterocycles. The molecule has 5 nitrogen and oxygen atoms in total. The molecule has 0 saturated heterocycles. The Labute approximate surface area is 108 Å². The van der Waals surface area contributed by atoms with Crippen LogP contribution in [-0.2, 0) is 0 Å². The van der Waals surface area contributed by atoms with Gasteiger partial charge in [0, 0.05) is 6.07 Å². The fourth-order valence-electron chi connectivity index (χ4n) is 1.57. The molecule has 94 valence electrons. The Morgan fingerprint density at radius 2 is 1.94 bits per heavy atom. The number of hydrogen-bond acceptors (Lipinski definition) is 3. The van der Waals surface area contributed by atoms with Crippen LogP contribution in [0.1, 0.15) is 6.92 Å². The van der Waals surface area contributed by atoms with Crippen LogP contribution in [0, 0.1) is 0 Å². The fraction of sp³-hybridized carbons (Fsp3) is 0.167. The van der Waals surface area contributed by atoms with Gasteiger partial charge in [-0.25, -0.2) is 9.36 Å². The van der Waals surface area contributed by atoms with Crippen LogP contribution < -0.4 is 16.0 Å². The number of nitrogens with zero attached hydrogens (tertiary/aromatic N) is 1. The highest BCUT2D eigenvalue weighted by Gasteiger charge is 2.05. The first-order chi connectivity index (χ1) is 8.61. The van der Waals surface area contributed by atoms with E-state index in [1.807, 2.05) is 6.92 Å². The van der Waals surface area contributed by atoms with E-state index in [4.69, 9.17) is 16.3 Å². The number of benzene rings is 1. The number of aromatic amines is 1. The van der Waals surface area contributed by atoms with Crippen molar-refractivity contribution in [3.8, 4) is 11.4 Å². The molecule has 0 aliphatic carbocycles. The van der Waals surface area contributed by atoms with E-state index >= 15 is 0 Å². The summed E-state index contributed by atoms with van der Waals surface area (Å²) in [6.07, 6.45) is 0. The van der Waals surface area contributed by atoms with E-state index in [1.54, 1.807) is 24.3 Å². The average Bonchev–Trinajstić information content (AvgIpc) is 2.30. The zero-order valence-electron chi connectivity index (χ0n) is 9.64. The van der Waals surface area contributed by atoms with Gasteiger partial charge in [0.1, 0.15) is 10.9 Å². The van der Waals surface area contributed by atoms with Crippen molar-refractivity contribution in [1.82, 2.24) is 9.55 Å². The minimum atomic E-state index is -0.573. The van der Waals surface area contributed by atoms with Crippen LogP contribution in [0.2, 0.25) is 5.15 Å². The van der Waals surface area contributed by atoms with Gasteiger partial charge in [0.25, 0.3) is 5.56 Å². The molecule has 6 heteroatoms. The van der Waals surface area contributed by atoms with Gasteiger partial charge in [-0.15, -0.1) is 0 Å². The molecule has 0 unspecified atom stereocenters. The van der Waals surface area contributed by atoms with E-state index in [0.29, 0.717) is 18.0 Å².